The van der Waals surface area contributed by atoms with Crippen molar-refractivity contribution in [3.8, 4) is 5.75 Å². The monoisotopic (exact) mass is 495 g/mol. The van der Waals surface area contributed by atoms with Crippen LogP contribution in [0.4, 0.5) is 0 Å². The van der Waals surface area contributed by atoms with Crippen LogP contribution in [-0.4, -0.2) is 73.1 Å². The van der Waals surface area contributed by atoms with Gasteiger partial charge in [-0.15, -0.1) is 0 Å². The summed E-state index contributed by atoms with van der Waals surface area (Å²) in [6.07, 6.45) is 2.26. The maximum Gasteiger partial charge on any atom is 0.244 e. The Kier molecular flexibility index (Phi) is 7.86. The molecule has 2 heterocycles. The highest BCUT2D eigenvalue weighted by atomic mass is 32.2. The Morgan fingerprint density at radius 2 is 1.60 bits per heavy atom. The van der Waals surface area contributed by atoms with Crippen LogP contribution in [0.15, 0.2) is 84.0 Å². The molecule has 1 atom stereocenters. The highest BCUT2D eigenvalue weighted by Gasteiger charge is 2.29. The molecule has 1 aromatic heterocycles. The topological polar surface area (TPSA) is 83.0 Å². The second-order valence-electron chi connectivity index (χ2n) is 9.37. The average Bonchev–Trinajstić information content (AvgIpc) is 2.89. The van der Waals surface area contributed by atoms with Crippen LogP contribution in [-0.2, 0) is 15.4 Å². The largest absolute Gasteiger partial charge is 0.491 e. The Balaban J connectivity index is 1.25. The molecule has 0 radical (unpaired) electrons. The molecule has 1 aliphatic rings. The molecule has 8 heteroatoms. The minimum Gasteiger partial charge on any atom is -0.491 e. The zero-order chi connectivity index (χ0) is 24.9. The van der Waals surface area contributed by atoms with Gasteiger partial charge in [0, 0.05) is 50.5 Å². The van der Waals surface area contributed by atoms with Crippen molar-refractivity contribution in [1.82, 2.24) is 14.2 Å². The summed E-state index contributed by atoms with van der Waals surface area (Å²) in [7, 11) is -3.54. The van der Waals surface area contributed by atoms with Gasteiger partial charge in [0.1, 0.15) is 23.4 Å². The van der Waals surface area contributed by atoms with Crippen LogP contribution in [0, 0.1) is 0 Å². The molecule has 1 aliphatic heterocycles. The first-order chi connectivity index (χ1) is 16.8. The Bertz CT molecular complexity index is 1180. The van der Waals surface area contributed by atoms with E-state index in [2.05, 4.69) is 60.1 Å². The fourth-order valence-corrected chi connectivity index (χ4v) is 5.72. The van der Waals surface area contributed by atoms with E-state index >= 15 is 0 Å². The highest BCUT2D eigenvalue weighted by molar-refractivity contribution is 7.89. The number of hydrogen-bond donors (Lipinski definition) is 1. The lowest BCUT2D eigenvalue weighted by Gasteiger charge is -2.34. The summed E-state index contributed by atoms with van der Waals surface area (Å²) in [5.41, 5.74) is 2.32. The van der Waals surface area contributed by atoms with Gasteiger partial charge in [0.15, 0.2) is 0 Å². The van der Waals surface area contributed by atoms with Gasteiger partial charge in [-0.1, -0.05) is 56.3 Å². The van der Waals surface area contributed by atoms with E-state index in [9.17, 15) is 13.5 Å². The molecule has 0 saturated carbocycles. The number of ether oxygens (including phenoxy) is 1. The van der Waals surface area contributed by atoms with E-state index in [0.29, 0.717) is 38.5 Å². The van der Waals surface area contributed by atoms with Crippen LogP contribution in [0.1, 0.15) is 25.0 Å². The minimum atomic E-state index is -3.54. The second kappa shape index (κ2) is 10.9. The summed E-state index contributed by atoms with van der Waals surface area (Å²) in [6, 6.07) is 21.6. The summed E-state index contributed by atoms with van der Waals surface area (Å²) < 4.78 is 32.8. The van der Waals surface area contributed by atoms with Crippen molar-refractivity contribution in [1.29, 1.82) is 0 Å². The summed E-state index contributed by atoms with van der Waals surface area (Å²) in [5, 5.41) is 10.5. The maximum absolute atomic E-state index is 12.7. The van der Waals surface area contributed by atoms with Crippen LogP contribution < -0.4 is 4.74 Å². The summed E-state index contributed by atoms with van der Waals surface area (Å²) in [6.45, 7) is 6.87. The number of aliphatic hydroxyl groups excluding tert-OH is 1. The molecule has 0 aliphatic carbocycles. The van der Waals surface area contributed by atoms with Gasteiger partial charge >= 0.3 is 0 Å². The Morgan fingerprint density at radius 1 is 0.943 bits per heavy atom. The number of piperazine rings is 1. The first-order valence-electron chi connectivity index (χ1n) is 11.9. The van der Waals surface area contributed by atoms with Crippen LogP contribution in [0.5, 0.6) is 5.75 Å². The van der Waals surface area contributed by atoms with E-state index in [1.807, 2.05) is 18.2 Å². The smallest absolute Gasteiger partial charge is 0.244 e. The molecule has 7 nitrogen and oxygen atoms in total. The molecule has 4 rings (SSSR count). The lowest BCUT2D eigenvalue weighted by Crippen LogP contribution is -2.50. The number of benzene rings is 2. The Labute approximate surface area is 208 Å². The molecule has 3 aromatic rings. The normalized spacial score (nSPS) is 16.7. The summed E-state index contributed by atoms with van der Waals surface area (Å²) in [5.74, 6) is 0.712. The van der Waals surface area contributed by atoms with E-state index < -0.39 is 16.1 Å². The molecule has 186 valence electrons. The average molecular weight is 496 g/mol. The quantitative estimate of drug-likeness (QED) is 0.491. The number of aromatic nitrogens is 1. The van der Waals surface area contributed by atoms with Gasteiger partial charge in [0.25, 0.3) is 0 Å². The van der Waals surface area contributed by atoms with Gasteiger partial charge in [-0.3, -0.25) is 9.88 Å². The van der Waals surface area contributed by atoms with Gasteiger partial charge in [-0.05, 0) is 35.4 Å². The van der Waals surface area contributed by atoms with Crippen LogP contribution in [0.2, 0.25) is 0 Å². The third-order valence-corrected chi connectivity index (χ3v) is 8.47. The number of β-amino-alcohol motifs (C(OH)–C–C–N with tert-alkyl or cyclic N) is 1. The van der Waals surface area contributed by atoms with E-state index in [-0.39, 0.29) is 16.9 Å². The zero-order valence-corrected chi connectivity index (χ0v) is 21.1. The molecule has 1 unspecified atom stereocenters. The molecule has 0 amide bonds. The standard InChI is InChI=1S/C27H33N3O4S/c1-27(2,22-7-4-3-5-8-22)23-10-12-25(13-11-23)34-21-24(31)20-29-15-17-30(18-16-29)35(32,33)26-9-6-14-28-19-26/h3-14,19,24,31H,15-18,20-21H2,1-2H3. The van der Waals surface area contributed by atoms with Crippen molar-refractivity contribution in [3.63, 3.8) is 0 Å². The first-order valence-corrected chi connectivity index (χ1v) is 13.3. The molecule has 2 aromatic carbocycles. The third kappa shape index (κ3) is 6.08. The van der Waals surface area contributed by atoms with Crippen molar-refractivity contribution in [2.75, 3.05) is 39.3 Å². The molecule has 1 fully saturated rings. The van der Waals surface area contributed by atoms with Crippen molar-refractivity contribution >= 4 is 10.0 Å². The number of pyridine rings is 1. The van der Waals surface area contributed by atoms with Gasteiger partial charge in [0.05, 0.1) is 0 Å². The van der Waals surface area contributed by atoms with Gasteiger partial charge in [-0.2, -0.15) is 4.31 Å². The molecular weight excluding hydrogens is 462 g/mol. The van der Waals surface area contributed by atoms with Crippen molar-refractivity contribution < 1.29 is 18.3 Å². The van der Waals surface area contributed by atoms with E-state index in [4.69, 9.17) is 4.74 Å². The van der Waals surface area contributed by atoms with Gasteiger partial charge in [-0.25, -0.2) is 8.42 Å². The maximum atomic E-state index is 12.7. The number of sulfonamides is 1. The second-order valence-corrected chi connectivity index (χ2v) is 11.3. The molecule has 0 bridgehead atoms. The van der Waals surface area contributed by atoms with Gasteiger partial charge < -0.3 is 9.84 Å². The Morgan fingerprint density at radius 3 is 2.23 bits per heavy atom. The van der Waals surface area contributed by atoms with E-state index in [0.717, 1.165) is 0 Å². The van der Waals surface area contributed by atoms with Crippen LogP contribution >= 0.6 is 0 Å². The fourth-order valence-electron chi connectivity index (χ4n) is 4.33. The van der Waals surface area contributed by atoms with Gasteiger partial charge in [0.2, 0.25) is 10.0 Å². The summed E-state index contributed by atoms with van der Waals surface area (Å²) in [4.78, 5) is 6.19. The number of aliphatic hydroxyl groups is 1. The molecule has 1 saturated heterocycles. The van der Waals surface area contributed by atoms with Crippen LogP contribution in [0.3, 0.4) is 0 Å². The molecule has 0 spiro atoms. The van der Waals surface area contributed by atoms with Crippen molar-refractivity contribution in [2.45, 2.75) is 30.3 Å². The van der Waals surface area contributed by atoms with E-state index in [1.54, 1.807) is 18.3 Å². The molecule has 35 heavy (non-hydrogen) atoms. The minimum absolute atomic E-state index is 0.119. The highest BCUT2D eigenvalue weighted by Crippen LogP contribution is 2.32. The lowest BCUT2D eigenvalue weighted by molar-refractivity contribution is 0.0569. The third-order valence-electron chi connectivity index (χ3n) is 6.59. The summed E-state index contributed by atoms with van der Waals surface area (Å²) >= 11 is 0. The zero-order valence-electron chi connectivity index (χ0n) is 20.2. The Hall–Kier alpha value is -2.78. The lowest BCUT2D eigenvalue weighted by atomic mass is 9.78. The first kappa shape index (κ1) is 25.3. The predicted molar refractivity (Wildman–Crippen MR) is 136 cm³/mol. The van der Waals surface area contributed by atoms with Crippen molar-refractivity contribution in [2.24, 2.45) is 0 Å². The fraction of sp³-hybridized carbons (Fsp3) is 0.370. The number of nitrogens with zero attached hydrogens (tertiary/aromatic N) is 3. The number of rotatable bonds is 9. The predicted octanol–water partition coefficient (Wildman–Crippen LogP) is 3.15. The number of hydrogen-bond acceptors (Lipinski definition) is 6. The van der Waals surface area contributed by atoms with Crippen molar-refractivity contribution in [3.05, 3.63) is 90.3 Å². The van der Waals surface area contributed by atoms with Crippen LogP contribution in [0.25, 0.3) is 0 Å². The van der Waals surface area contributed by atoms with E-state index in [1.165, 1.54) is 21.6 Å². The SMILES string of the molecule is CC(C)(c1ccccc1)c1ccc(OCC(O)CN2CCN(S(=O)(=O)c3cccnc3)CC2)cc1. The molecular formula is C27H33N3O4S. The molecule has 1 N–H and O–H groups in total.